The fourth-order valence-corrected chi connectivity index (χ4v) is 4.62. The lowest BCUT2D eigenvalue weighted by atomic mass is 10.1. The van der Waals surface area contributed by atoms with Gasteiger partial charge in [0, 0.05) is 6.20 Å². The minimum atomic E-state index is -5.51. The van der Waals surface area contributed by atoms with Crippen molar-refractivity contribution in [2.45, 2.75) is 24.5 Å². The summed E-state index contributed by atoms with van der Waals surface area (Å²) >= 11 is 0. The molecule has 1 aromatic rings. The number of nitrogens with two attached hydrogens (primary N) is 1. The van der Waals surface area contributed by atoms with Crippen LogP contribution in [0.15, 0.2) is 17.1 Å². The van der Waals surface area contributed by atoms with Crippen molar-refractivity contribution in [3.63, 3.8) is 0 Å². The first-order valence-electron chi connectivity index (χ1n) is 8.91. The predicted octanol–water partition coefficient (Wildman–Crippen LogP) is -2.23. The number of aliphatic hydroxyl groups excluding tert-OH is 2. The molecule has 5 N–H and O–H groups in total. The zero-order valence-corrected chi connectivity index (χ0v) is 18.8. The van der Waals surface area contributed by atoms with Crippen molar-refractivity contribution < 1.29 is 51.7 Å². The van der Waals surface area contributed by atoms with Crippen molar-refractivity contribution in [1.29, 1.82) is 0 Å². The highest BCUT2D eigenvalue weighted by Crippen LogP contribution is 2.59. The van der Waals surface area contributed by atoms with E-state index in [-0.39, 0.29) is 19.0 Å². The van der Waals surface area contributed by atoms with Crippen LogP contribution in [0.2, 0.25) is 0 Å². The molecule has 0 radical (unpaired) electrons. The standard InChI is InChI=1S/C14H26N4O11P2/c1-18(2,3)6-7-26-31(25,29-30(22,23)24)27-8-9-11(19)12(20)13(28-9)17-5-4-10(15)16-14(17)21/h4-5,9,11-13,19-20H,6-8H2,1-3H3,(H3-,15,16,21,22,23,24)/t9-,11-,12-,13-,31?/m1/s1/i1+2. The Morgan fingerprint density at radius 2 is 2.00 bits per heavy atom. The molecule has 1 aliphatic heterocycles. The van der Waals surface area contributed by atoms with E-state index in [9.17, 15) is 29.0 Å². The maximum atomic E-state index is 12.6. The van der Waals surface area contributed by atoms with E-state index < -0.39 is 52.5 Å². The lowest BCUT2D eigenvalue weighted by molar-refractivity contribution is -0.870. The quantitative estimate of drug-likeness (QED) is 0.202. The summed E-state index contributed by atoms with van der Waals surface area (Å²) in [7, 11) is -4.98. The third-order valence-electron chi connectivity index (χ3n) is 4.07. The molecule has 0 amide bonds. The first kappa shape index (κ1) is 26.0. The Balaban J connectivity index is 2.10. The summed E-state index contributed by atoms with van der Waals surface area (Å²) in [4.78, 5) is 35.4. The van der Waals surface area contributed by atoms with E-state index in [1.807, 2.05) is 0 Å². The van der Waals surface area contributed by atoms with Crippen LogP contribution in [0.1, 0.15) is 6.23 Å². The van der Waals surface area contributed by atoms with E-state index in [0.717, 1.165) is 4.57 Å². The highest BCUT2D eigenvalue weighted by Gasteiger charge is 2.46. The number of nitrogens with zero attached hydrogens (tertiary/aromatic N) is 3. The van der Waals surface area contributed by atoms with Gasteiger partial charge in [-0.05, 0) is 6.07 Å². The molecule has 2 rings (SSSR count). The Morgan fingerprint density at radius 3 is 2.55 bits per heavy atom. The van der Waals surface area contributed by atoms with Crippen molar-refractivity contribution in [3.05, 3.63) is 22.7 Å². The second-order valence-electron chi connectivity index (χ2n) is 7.73. The molecule has 0 bridgehead atoms. The molecule has 31 heavy (non-hydrogen) atoms. The van der Waals surface area contributed by atoms with E-state index in [1.165, 1.54) is 12.3 Å². The summed E-state index contributed by atoms with van der Waals surface area (Å²) < 4.78 is 44.3. The lowest BCUT2D eigenvalue weighted by Crippen LogP contribution is -2.37. The fourth-order valence-electron chi connectivity index (χ4n) is 2.52. The highest BCUT2D eigenvalue weighted by molar-refractivity contribution is 7.60. The highest BCUT2D eigenvalue weighted by atomic mass is 31.3. The first-order valence-corrected chi connectivity index (χ1v) is 11.9. The van der Waals surface area contributed by atoms with Crippen LogP contribution in [0.25, 0.3) is 0 Å². The molecule has 178 valence electrons. The number of ether oxygens (including phenoxy) is 1. The van der Waals surface area contributed by atoms with Gasteiger partial charge < -0.3 is 35.0 Å². The Labute approximate surface area is 177 Å². The van der Waals surface area contributed by atoms with Gasteiger partial charge in [-0.25, -0.2) is 13.7 Å². The van der Waals surface area contributed by atoms with Gasteiger partial charge in [0.1, 0.15) is 37.3 Å². The SMILES string of the molecule is C[N+](C)([14CH3])CCOP(=O)(OC[C@H]1O[C@@H](n2ccc(N)nc2=O)[C@H](O)[C@@H]1O)OP(=O)([O-])O. The number of likely N-dealkylation sites (N-methyl/N-ethyl adjacent to an activating group) is 1. The number of quaternary nitrogens is 1. The number of anilines is 1. The van der Waals surface area contributed by atoms with Gasteiger partial charge in [0.05, 0.1) is 27.7 Å². The van der Waals surface area contributed by atoms with Crippen LogP contribution in [0.3, 0.4) is 0 Å². The van der Waals surface area contributed by atoms with Crippen LogP contribution in [0.5, 0.6) is 0 Å². The summed E-state index contributed by atoms with van der Waals surface area (Å²) in [5.41, 5.74) is 4.54. The van der Waals surface area contributed by atoms with E-state index in [1.54, 1.807) is 21.1 Å². The maximum absolute atomic E-state index is 12.6. The number of phosphoric ester groups is 1. The van der Waals surface area contributed by atoms with E-state index in [0.29, 0.717) is 4.48 Å². The molecule has 17 heteroatoms. The van der Waals surface area contributed by atoms with Crippen LogP contribution < -0.4 is 16.3 Å². The molecule has 15 nitrogen and oxygen atoms in total. The molecule has 0 saturated carbocycles. The molecule has 2 heterocycles. The molecule has 1 aromatic heterocycles. The average molecular weight is 490 g/mol. The second-order valence-corrected chi connectivity index (χ2v) is 10.7. The second kappa shape index (κ2) is 9.73. The molecular formula is C14H26N4O11P2. The zero-order chi connectivity index (χ0) is 23.6. The molecule has 6 atom stereocenters. The molecule has 2 unspecified atom stereocenters. The van der Waals surface area contributed by atoms with Gasteiger partial charge in [0.15, 0.2) is 6.23 Å². The predicted molar refractivity (Wildman–Crippen MR) is 102 cm³/mol. The number of hydrogen-bond acceptors (Lipinski definition) is 12. The van der Waals surface area contributed by atoms with Gasteiger partial charge in [-0.1, -0.05) is 0 Å². The van der Waals surface area contributed by atoms with E-state index in [4.69, 9.17) is 24.4 Å². The number of aliphatic hydroxyl groups is 2. The maximum Gasteiger partial charge on any atom is 0.481 e. The Kier molecular flexibility index (Phi) is 8.17. The summed E-state index contributed by atoms with van der Waals surface area (Å²) in [6, 6.07) is 1.27. The number of nitrogen functional groups attached to an aromatic ring is 1. The van der Waals surface area contributed by atoms with E-state index >= 15 is 0 Å². The van der Waals surface area contributed by atoms with Crippen molar-refractivity contribution in [3.8, 4) is 0 Å². The van der Waals surface area contributed by atoms with Crippen LogP contribution in [0.4, 0.5) is 5.82 Å². The third-order valence-corrected chi connectivity index (χ3v) is 6.66. The monoisotopic (exact) mass is 490 g/mol. The largest absolute Gasteiger partial charge is 0.756 e. The topological polar surface area (TPSA) is 216 Å². The number of phosphoric acid groups is 2. The smallest absolute Gasteiger partial charge is 0.481 e. The van der Waals surface area contributed by atoms with Crippen molar-refractivity contribution in [2.75, 3.05) is 46.6 Å². The van der Waals surface area contributed by atoms with Gasteiger partial charge in [0.2, 0.25) is 0 Å². The normalized spacial score (nSPS) is 28.2. The Hall–Kier alpha value is -1.22. The van der Waals surface area contributed by atoms with Gasteiger partial charge in [-0.2, -0.15) is 4.98 Å². The summed E-state index contributed by atoms with van der Waals surface area (Å²) in [6.07, 6.45) is -4.79. The number of hydrogen-bond donors (Lipinski definition) is 4. The average Bonchev–Trinajstić information content (AvgIpc) is 2.86. The molecule has 1 aliphatic rings. The number of aromatic nitrogens is 2. The van der Waals surface area contributed by atoms with Gasteiger partial charge in [-0.3, -0.25) is 18.2 Å². The lowest BCUT2D eigenvalue weighted by Gasteiger charge is -2.27. The minimum absolute atomic E-state index is 0.0654. The van der Waals surface area contributed by atoms with Gasteiger partial charge in [-0.15, -0.1) is 0 Å². The van der Waals surface area contributed by atoms with Crippen LogP contribution in [0, 0.1) is 0 Å². The molecule has 1 fully saturated rings. The molecule has 0 aliphatic carbocycles. The zero-order valence-electron chi connectivity index (χ0n) is 17.0. The summed E-state index contributed by atoms with van der Waals surface area (Å²) in [5.74, 6) is -0.0654. The summed E-state index contributed by atoms with van der Waals surface area (Å²) in [5, 5.41) is 20.4. The van der Waals surface area contributed by atoms with Crippen molar-refractivity contribution in [2.24, 2.45) is 0 Å². The van der Waals surface area contributed by atoms with Gasteiger partial charge >= 0.3 is 13.5 Å². The molecule has 0 aromatic carbocycles. The number of rotatable bonds is 10. The van der Waals surface area contributed by atoms with Crippen LogP contribution in [-0.4, -0.2) is 88.4 Å². The molecule has 0 spiro atoms. The van der Waals surface area contributed by atoms with Crippen molar-refractivity contribution in [1.82, 2.24) is 9.55 Å². The Bertz CT molecular complexity index is 914. The third kappa shape index (κ3) is 7.70. The fraction of sp³-hybridized carbons (Fsp3) is 0.714. The van der Waals surface area contributed by atoms with Crippen LogP contribution in [-0.2, 0) is 27.2 Å². The van der Waals surface area contributed by atoms with E-state index in [2.05, 4.69) is 9.29 Å². The Morgan fingerprint density at radius 1 is 1.35 bits per heavy atom. The van der Waals surface area contributed by atoms with Crippen LogP contribution >= 0.6 is 15.6 Å². The van der Waals surface area contributed by atoms with Crippen molar-refractivity contribution >= 4 is 21.5 Å². The minimum Gasteiger partial charge on any atom is -0.756 e. The molecular weight excluding hydrogens is 464 g/mol. The summed E-state index contributed by atoms with van der Waals surface area (Å²) in [6.45, 7) is -0.748. The molecule has 1 saturated heterocycles. The first-order chi connectivity index (χ1) is 14.1. The van der Waals surface area contributed by atoms with Gasteiger partial charge in [0.25, 0.3) is 7.82 Å².